The third-order valence-corrected chi connectivity index (χ3v) is 3.57. The van der Waals surface area contributed by atoms with Crippen LogP contribution in [0.15, 0.2) is 54.6 Å². The van der Waals surface area contributed by atoms with Crippen molar-refractivity contribution in [3.63, 3.8) is 0 Å². The van der Waals surface area contributed by atoms with E-state index < -0.39 is 0 Å². The first-order chi connectivity index (χ1) is 9.29. The fourth-order valence-corrected chi connectivity index (χ4v) is 2.64. The lowest BCUT2D eigenvalue weighted by Crippen LogP contribution is -2.10. The van der Waals surface area contributed by atoms with E-state index in [1.807, 2.05) is 6.07 Å². The molecule has 2 aromatic carbocycles. The maximum atomic E-state index is 5.68. The second kappa shape index (κ2) is 4.90. The van der Waals surface area contributed by atoms with Gasteiger partial charge in [0.2, 0.25) is 0 Å². The summed E-state index contributed by atoms with van der Waals surface area (Å²) in [6, 6.07) is 19.3. The van der Waals surface area contributed by atoms with Crippen LogP contribution in [0.2, 0.25) is 0 Å². The molecule has 0 bridgehead atoms. The van der Waals surface area contributed by atoms with Crippen LogP contribution in [0.5, 0.6) is 0 Å². The Labute approximate surface area is 113 Å². The molecule has 19 heavy (non-hydrogen) atoms. The van der Waals surface area contributed by atoms with Crippen LogP contribution in [-0.4, -0.2) is 11.1 Å². The summed E-state index contributed by atoms with van der Waals surface area (Å²) in [6.45, 7) is 3.68. The maximum absolute atomic E-state index is 5.68. The molecule has 3 rings (SSSR count). The van der Waals surface area contributed by atoms with Crippen molar-refractivity contribution in [1.82, 2.24) is 4.57 Å². The van der Waals surface area contributed by atoms with E-state index in [2.05, 4.69) is 60.0 Å². The number of aryl methyl sites for hydroxylation is 1. The highest BCUT2D eigenvalue weighted by Crippen LogP contribution is 2.26. The average molecular weight is 250 g/mol. The number of fused-ring (bicyclic) bond motifs is 1. The average Bonchev–Trinajstić information content (AvgIpc) is 2.76. The highest BCUT2D eigenvalue weighted by molar-refractivity contribution is 5.86. The monoisotopic (exact) mass is 250 g/mol. The van der Waals surface area contributed by atoms with Crippen molar-refractivity contribution in [1.29, 1.82) is 0 Å². The minimum atomic E-state index is 0.672. The quantitative estimate of drug-likeness (QED) is 0.757. The normalized spacial score (nSPS) is 11.1. The van der Waals surface area contributed by atoms with Crippen molar-refractivity contribution < 1.29 is 0 Å². The molecular formula is C17H18N2. The molecule has 96 valence electrons. The first kappa shape index (κ1) is 12.0. The van der Waals surface area contributed by atoms with Crippen LogP contribution in [0.1, 0.15) is 5.69 Å². The van der Waals surface area contributed by atoms with Gasteiger partial charge in [-0.1, -0.05) is 36.4 Å². The SMILES string of the molecule is Cc1cc2cc(-c3ccccc3)ccc2n1CCN. The Morgan fingerprint density at radius 2 is 1.74 bits per heavy atom. The molecule has 0 atom stereocenters. The van der Waals surface area contributed by atoms with Gasteiger partial charge in [0.15, 0.2) is 0 Å². The summed E-state index contributed by atoms with van der Waals surface area (Å²) in [6.07, 6.45) is 0. The van der Waals surface area contributed by atoms with Crippen molar-refractivity contribution in [2.45, 2.75) is 13.5 Å². The summed E-state index contributed by atoms with van der Waals surface area (Å²) >= 11 is 0. The van der Waals surface area contributed by atoms with Crippen LogP contribution in [-0.2, 0) is 6.54 Å². The molecule has 2 N–H and O–H groups in total. The van der Waals surface area contributed by atoms with Gasteiger partial charge in [0, 0.05) is 29.7 Å². The highest BCUT2D eigenvalue weighted by Gasteiger charge is 2.06. The zero-order valence-corrected chi connectivity index (χ0v) is 11.1. The number of aromatic nitrogens is 1. The largest absolute Gasteiger partial charge is 0.344 e. The Morgan fingerprint density at radius 3 is 2.47 bits per heavy atom. The maximum Gasteiger partial charge on any atom is 0.0483 e. The van der Waals surface area contributed by atoms with Crippen LogP contribution in [0, 0.1) is 6.92 Å². The third-order valence-electron chi connectivity index (χ3n) is 3.57. The van der Waals surface area contributed by atoms with Gasteiger partial charge in [0.05, 0.1) is 0 Å². The van der Waals surface area contributed by atoms with E-state index in [-0.39, 0.29) is 0 Å². The Balaban J connectivity index is 2.12. The van der Waals surface area contributed by atoms with Gasteiger partial charge >= 0.3 is 0 Å². The predicted molar refractivity (Wildman–Crippen MR) is 81.2 cm³/mol. The van der Waals surface area contributed by atoms with Crippen molar-refractivity contribution in [2.24, 2.45) is 5.73 Å². The van der Waals surface area contributed by atoms with Crippen molar-refractivity contribution >= 4 is 10.9 Å². The summed E-state index contributed by atoms with van der Waals surface area (Å²) in [7, 11) is 0. The zero-order valence-electron chi connectivity index (χ0n) is 11.1. The fraction of sp³-hybridized carbons (Fsp3) is 0.176. The molecule has 2 heteroatoms. The van der Waals surface area contributed by atoms with Gasteiger partial charge in [-0.15, -0.1) is 0 Å². The Kier molecular flexibility index (Phi) is 3.10. The zero-order chi connectivity index (χ0) is 13.2. The van der Waals surface area contributed by atoms with E-state index in [4.69, 9.17) is 5.73 Å². The molecule has 3 aromatic rings. The lowest BCUT2D eigenvalue weighted by Gasteiger charge is -2.07. The lowest BCUT2D eigenvalue weighted by atomic mass is 10.0. The van der Waals surface area contributed by atoms with Gasteiger partial charge < -0.3 is 10.3 Å². The van der Waals surface area contributed by atoms with E-state index >= 15 is 0 Å². The highest BCUT2D eigenvalue weighted by atomic mass is 15.0. The molecule has 0 spiro atoms. The summed E-state index contributed by atoms with van der Waals surface area (Å²) in [4.78, 5) is 0. The van der Waals surface area contributed by atoms with Gasteiger partial charge in [0.25, 0.3) is 0 Å². The van der Waals surface area contributed by atoms with E-state index in [9.17, 15) is 0 Å². The Hall–Kier alpha value is -2.06. The number of rotatable bonds is 3. The van der Waals surface area contributed by atoms with E-state index in [0.29, 0.717) is 6.54 Å². The summed E-state index contributed by atoms with van der Waals surface area (Å²) in [5.74, 6) is 0. The molecule has 0 saturated carbocycles. The Bertz CT molecular complexity index is 696. The van der Waals surface area contributed by atoms with Gasteiger partial charge in [-0.2, -0.15) is 0 Å². The van der Waals surface area contributed by atoms with Crippen molar-refractivity contribution in [2.75, 3.05) is 6.54 Å². The molecule has 0 aliphatic rings. The van der Waals surface area contributed by atoms with Gasteiger partial charge in [-0.3, -0.25) is 0 Å². The standard InChI is InChI=1S/C17H18N2/c1-13-11-16-12-15(14-5-3-2-4-6-14)7-8-17(16)19(13)10-9-18/h2-8,11-12H,9-10,18H2,1H3. The topological polar surface area (TPSA) is 30.9 Å². The molecule has 0 aliphatic heterocycles. The van der Waals surface area contributed by atoms with E-state index in [1.54, 1.807) is 0 Å². The molecule has 0 fully saturated rings. The minimum absolute atomic E-state index is 0.672. The Morgan fingerprint density at radius 1 is 0.947 bits per heavy atom. The van der Waals surface area contributed by atoms with Gasteiger partial charge in [-0.25, -0.2) is 0 Å². The summed E-state index contributed by atoms with van der Waals surface area (Å²) in [5.41, 5.74) is 10.7. The first-order valence-corrected chi connectivity index (χ1v) is 6.65. The van der Waals surface area contributed by atoms with E-state index in [0.717, 1.165) is 6.54 Å². The van der Waals surface area contributed by atoms with Gasteiger partial charge in [0.1, 0.15) is 0 Å². The lowest BCUT2D eigenvalue weighted by molar-refractivity contribution is 0.715. The molecule has 2 nitrogen and oxygen atoms in total. The van der Waals surface area contributed by atoms with Crippen molar-refractivity contribution in [3.05, 3.63) is 60.3 Å². The molecule has 0 saturated heterocycles. The number of hydrogen-bond acceptors (Lipinski definition) is 1. The van der Waals surface area contributed by atoms with Crippen LogP contribution in [0.3, 0.4) is 0 Å². The first-order valence-electron chi connectivity index (χ1n) is 6.65. The summed E-state index contributed by atoms with van der Waals surface area (Å²) < 4.78 is 2.28. The fourth-order valence-electron chi connectivity index (χ4n) is 2.64. The molecular weight excluding hydrogens is 232 g/mol. The minimum Gasteiger partial charge on any atom is -0.344 e. The number of benzene rings is 2. The smallest absolute Gasteiger partial charge is 0.0483 e. The molecule has 1 heterocycles. The molecule has 1 aromatic heterocycles. The summed E-state index contributed by atoms with van der Waals surface area (Å²) in [5, 5.41) is 1.28. The van der Waals surface area contributed by atoms with Crippen LogP contribution < -0.4 is 5.73 Å². The molecule has 0 aliphatic carbocycles. The van der Waals surface area contributed by atoms with Crippen LogP contribution in [0.4, 0.5) is 0 Å². The molecule has 0 amide bonds. The third kappa shape index (κ3) is 2.15. The second-order valence-corrected chi connectivity index (χ2v) is 4.87. The molecule has 0 radical (unpaired) electrons. The van der Waals surface area contributed by atoms with Crippen LogP contribution >= 0.6 is 0 Å². The van der Waals surface area contributed by atoms with Crippen LogP contribution in [0.25, 0.3) is 22.0 Å². The number of nitrogens with two attached hydrogens (primary N) is 1. The van der Waals surface area contributed by atoms with Crippen molar-refractivity contribution in [3.8, 4) is 11.1 Å². The number of hydrogen-bond donors (Lipinski definition) is 1. The predicted octanol–water partition coefficient (Wildman–Crippen LogP) is 3.58. The second-order valence-electron chi connectivity index (χ2n) is 4.87. The number of nitrogens with zero attached hydrogens (tertiary/aromatic N) is 1. The molecule has 0 unspecified atom stereocenters. The van der Waals surface area contributed by atoms with Gasteiger partial charge in [-0.05, 0) is 36.2 Å². The van der Waals surface area contributed by atoms with E-state index in [1.165, 1.54) is 27.7 Å².